The quantitative estimate of drug-likeness (QED) is 0.454. The van der Waals surface area contributed by atoms with Crippen LogP contribution in [0.15, 0.2) is 41.3 Å². The summed E-state index contributed by atoms with van der Waals surface area (Å²) in [5.74, 6) is -0.955. The van der Waals surface area contributed by atoms with Crippen LogP contribution in [0, 0.1) is 0 Å². The van der Waals surface area contributed by atoms with Crippen molar-refractivity contribution in [1.29, 1.82) is 0 Å². The molecule has 1 unspecified atom stereocenters. The summed E-state index contributed by atoms with van der Waals surface area (Å²) >= 11 is 5.98. The number of nitrogens with two attached hydrogens (primary N) is 1. The van der Waals surface area contributed by atoms with Crippen LogP contribution in [-0.2, 0) is 29.1 Å². The number of carbonyl (C=O) groups is 2. The number of carbonyl (C=O) groups excluding carboxylic acids is 2. The number of rotatable bonds is 8. The maximum atomic E-state index is 13.9. The summed E-state index contributed by atoms with van der Waals surface area (Å²) < 4.78 is 66.5. The molecule has 1 heterocycles. The molecule has 1 saturated heterocycles. The fourth-order valence-corrected chi connectivity index (χ4v) is 5.61. The molecule has 2 aromatic rings. The van der Waals surface area contributed by atoms with Crippen molar-refractivity contribution in [2.45, 2.75) is 50.0 Å². The number of urea groups is 1. The van der Waals surface area contributed by atoms with Gasteiger partial charge in [0.1, 0.15) is 0 Å². The minimum Gasteiger partial charge on any atom is -0.352 e. The molecule has 1 aliphatic rings. The van der Waals surface area contributed by atoms with Gasteiger partial charge in [0.05, 0.1) is 16.2 Å². The van der Waals surface area contributed by atoms with Crippen LogP contribution in [-0.4, -0.2) is 50.1 Å². The lowest BCUT2D eigenvalue weighted by molar-refractivity contribution is -0.138. The van der Waals surface area contributed by atoms with Gasteiger partial charge in [-0.1, -0.05) is 24.6 Å². The molecule has 0 spiro atoms. The molecule has 1 aliphatic heterocycles. The predicted octanol–water partition coefficient (Wildman–Crippen LogP) is 3.72. The van der Waals surface area contributed by atoms with Gasteiger partial charge in [0.25, 0.3) is 5.91 Å². The Morgan fingerprint density at radius 2 is 1.89 bits per heavy atom. The molecular formula is C24H28ClF3N4O4S. The highest BCUT2D eigenvalue weighted by atomic mass is 35.5. The van der Waals surface area contributed by atoms with Crippen LogP contribution in [0.1, 0.15) is 46.8 Å². The van der Waals surface area contributed by atoms with Gasteiger partial charge in [0, 0.05) is 36.3 Å². The van der Waals surface area contributed by atoms with Crippen molar-refractivity contribution in [3.8, 4) is 0 Å². The summed E-state index contributed by atoms with van der Waals surface area (Å²) in [6.45, 7) is 2.13. The number of alkyl halides is 3. The second-order valence-electron chi connectivity index (χ2n) is 8.79. The van der Waals surface area contributed by atoms with E-state index in [9.17, 15) is 31.2 Å². The van der Waals surface area contributed by atoms with Crippen molar-refractivity contribution in [3.05, 3.63) is 63.7 Å². The molecule has 0 aromatic heterocycles. The monoisotopic (exact) mass is 560 g/mol. The van der Waals surface area contributed by atoms with Crippen molar-refractivity contribution in [2.75, 3.05) is 18.8 Å². The molecule has 8 nitrogen and oxygen atoms in total. The predicted molar refractivity (Wildman–Crippen MR) is 133 cm³/mol. The molecule has 13 heteroatoms. The van der Waals surface area contributed by atoms with Crippen LogP contribution >= 0.6 is 11.6 Å². The normalized spacial score (nSPS) is 16.8. The van der Waals surface area contributed by atoms with Gasteiger partial charge in [-0.2, -0.15) is 13.2 Å². The van der Waals surface area contributed by atoms with Crippen molar-refractivity contribution < 1.29 is 31.2 Å². The van der Waals surface area contributed by atoms with Crippen LogP contribution in [0.5, 0.6) is 0 Å². The van der Waals surface area contributed by atoms with Gasteiger partial charge in [-0.3, -0.25) is 9.69 Å². The fraction of sp³-hybridized carbons (Fsp3) is 0.417. The minimum atomic E-state index is -4.71. The number of primary amides is 1. The molecule has 1 atom stereocenters. The lowest BCUT2D eigenvalue weighted by Gasteiger charge is -2.33. The van der Waals surface area contributed by atoms with Gasteiger partial charge >= 0.3 is 12.2 Å². The first-order valence-electron chi connectivity index (χ1n) is 11.6. The lowest BCUT2D eigenvalue weighted by Crippen LogP contribution is -2.49. The Hall–Kier alpha value is -2.83. The Morgan fingerprint density at radius 1 is 1.16 bits per heavy atom. The van der Waals surface area contributed by atoms with Crippen LogP contribution in [0.3, 0.4) is 0 Å². The molecule has 3 rings (SSSR count). The van der Waals surface area contributed by atoms with E-state index in [1.165, 1.54) is 37.3 Å². The molecule has 0 aliphatic carbocycles. The number of hydrogen-bond acceptors (Lipinski definition) is 5. The van der Waals surface area contributed by atoms with Gasteiger partial charge in [-0.25, -0.2) is 13.2 Å². The van der Waals surface area contributed by atoms with Gasteiger partial charge in [0.2, 0.25) is 0 Å². The van der Waals surface area contributed by atoms with Gasteiger partial charge < -0.3 is 16.4 Å². The highest BCUT2D eigenvalue weighted by Gasteiger charge is 2.35. The minimum absolute atomic E-state index is 0.00307. The number of nitrogens with zero attached hydrogens (tertiary/aromatic N) is 1. The first-order valence-corrected chi connectivity index (χ1v) is 13.6. The number of hydrogen-bond donors (Lipinski definition) is 3. The van der Waals surface area contributed by atoms with Crippen molar-refractivity contribution in [3.63, 3.8) is 0 Å². The third-order valence-electron chi connectivity index (χ3n) is 6.10. The van der Waals surface area contributed by atoms with E-state index in [0.29, 0.717) is 25.9 Å². The maximum absolute atomic E-state index is 13.9. The first kappa shape index (κ1) is 28.7. The van der Waals surface area contributed by atoms with E-state index in [0.717, 1.165) is 6.07 Å². The van der Waals surface area contributed by atoms with Gasteiger partial charge in [-0.05, 0) is 60.8 Å². The Kier molecular flexibility index (Phi) is 9.09. The van der Waals surface area contributed by atoms with Crippen LogP contribution in [0.2, 0.25) is 5.02 Å². The van der Waals surface area contributed by atoms with Gasteiger partial charge in [-0.15, -0.1) is 0 Å². The smallest absolute Gasteiger partial charge is 0.352 e. The van der Waals surface area contributed by atoms with E-state index < -0.39 is 33.5 Å². The van der Waals surface area contributed by atoms with Crippen LogP contribution < -0.4 is 16.4 Å². The van der Waals surface area contributed by atoms with E-state index >= 15 is 0 Å². The second kappa shape index (κ2) is 11.7. The summed E-state index contributed by atoms with van der Waals surface area (Å²) in [6, 6.07) is 6.55. The van der Waals surface area contributed by atoms with Crippen LogP contribution in [0.4, 0.5) is 18.0 Å². The SMILES string of the molecule is CCS(=O)(=O)c1ccc(Cl)cc1CNC(=O)c1ccc(CN2CCCC(NC(N)=O)C2)c(C(F)(F)F)c1. The highest BCUT2D eigenvalue weighted by Crippen LogP contribution is 2.34. The molecule has 1 fully saturated rings. The topological polar surface area (TPSA) is 122 Å². The van der Waals surface area contributed by atoms with Crippen molar-refractivity contribution >= 4 is 33.4 Å². The number of benzene rings is 2. The van der Waals surface area contributed by atoms with Crippen LogP contribution in [0.25, 0.3) is 0 Å². The molecule has 3 amide bonds. The summed E-state index contributed by atoms with van der Waals surface area (Å²) in [4.78, 5) is 25.7. The largest absolute Gasteiger partial charge is 0.416 e. The number of likely N-dealkylation sites (tertiary alicyclic amines) is 1. The summed E-state index contributed by atoms with van der Waals surface area (Å²) in [7, 11) is -3.61. The second-order valence-corrected chi connectivity index (χ2v) is 11.5. The average Bonchev–Trinajstić information content (AvgIpc) is 2.81. The third-order valence-corrected chi connectivity index (χ3v) is 8.16. The summed E-state index contributed by atoms with van der Waals surface area (Å²) in [5, 5.41) is 5.34. The number of piperidine rings is 1. The molecule has 0 saturated carbocycles. The summed E-state index contributed by atoms with van der Waals surface area (Å²) in [5.41, 5.74) is 4.23. The molecule has 37 heavy (non-hydrogen) atoms. The number of halogens is 4. The highest BCUT2D eigenvalue weighted by molar-refractivity contribution is 7.91. The van der Waals surface area contributed by atoms with E-state index in [4.69, 9.17) is 17.3 Å². The molecular weight excluding hydrogens is 533 g/mol. The van der Waals surface area contributed by atoms with Crippen molar-refractivity contribution in [1.82, 2.24) is 15.5 Å². The number of amides is 3. The summed E-state index contributed by atoms with van der Waals surface area (Å²) in [6.07, 6.45) is -3.34. The molecule has 202 valence electrons. The first-order chi connectivity index (χ1) is 17.3. The lowest BCUT2D eigenvalue weighted by atomic mass is 10.00. The number of nitrogens with one attached hydrogen (secondary N) is 2. The third kappa shape index (κ3) is 7.59. The molecule has 2 aromatic carbocycles. The zero-order chi connectivity index (χ0) is 27.4. The zero-order valence-corrected chi connectivity index (χ0v) is 21.6. The Morgan fingerprint density at radius 3 is 2.54 bits per heavy atom. The van der Waals surface area contributed by atoms with Crippen molar-refractivity contribution in [2.24, 2.45) is 5.73 Å². The Labute approximate surface area is 218 Å². The standard InChI is InChI=1S/C24H28ClF3N4O4S/c1-2-37(35,36)21-8-7-18(25)10-17(21)12-30-22(33)15-5-6-16(20(11-15)24(26,27)28)13-32-9-3-4-19(14-32)31-23(29)34/h5-8,10-11,19H,2-4,9,12-14H2,1H3,(H,30,33)(H3,29,31,34). The zero-order valence-electron chi connectivity index (χ0n) is 20.1. The Balaban J connectivity index is 1.79. The van der Waals surface area contributed by atoms with Gasteiger partial charge in [0.15, 0.2) is 9.84 Å². The number of sulfone groups is 1. The van der Waals surface area contributed by atoms with E-state index in [2.05, 4.69) is 10.6 Å². The molecule has 0 bridgehead atoms. The Bertz CT molecular complexity index is 1270. The maximum Gasteiger partial charge on any atom is 0.416 e. The fourth-order valence-electron chi connectivity index (χ4n) is 4.30. The average molecular weight is 561 g/mol. The van der Waals surface area contributed by atoms with E-state index in [1.54, 1.807) is 4.90 Å². The van der Waals surface area contributed by atoms with E-state index in [1.807, 2.05) is 0 Å². The molecule has 0 radical (unpaired) electrons. The molecule has 4 N–H and O–H groups in total. The van der Waals surface area contributed by atoms with E-state index in [-0.39, 0.29) is 51.5 Å².